The third-order valence-electron chi connectivity index (χ3n) is 7.59. The monoisotopic (exact) mass is 566 g/mol. The van der Waals surface area contributed by atoms with E-state index in [2.05, 4.69) is 15.0 Å². The van der Waals surface area contributed by atoms with E-state index in [0.29, 0.717) is 74.8 Å². The lowest BCUT2D eigenvalue weighted by Gasteiger charge is -2.39. The number of hydrogen-bond acceptors (Lipinski definition) is 7. The van der Waals surface area contributed by atoms with Crippen molar-refractivity contribution < 1.29 is 19.1 Å². The highest BCUT2D eigenvalue weighted by atomic mass is 35.5. The van der Waals surface area contributed by atoms with Crippen LogP contribution in [0.4, 0.5) is 5.82 Å². The van der Waals surface area contributed by atoms with Crippen molar-refractivity contribution in [3.05, 3.63) is 92.7 Å². The minimum absolute atomic E-state index is 0.200. The molecule has 1 aliphatic heterocycles. The Morgan fingerprint density at radius 1 is 1.15 bits per heavy atom. The van der Waals surface area contributed by atoms with E-state index in [9.17, 15) is 10.3 Å². The van der Waals surface area contributed by atoms with Gasteiger partial charge in [0.1, 0.15) is 34.7 Å². The second-order valence-corrected chi connectivity index (χ2v) is 11.1. The fourth-order valence-corrected chi connectivity index (χ4v) is 6.00. The van der Waals surface area contributed by atoms with Crippen LogP contribution < -0.4 is 14.4 Å². The van der Waals surface area contributed by atoms with E-state index in [-0.39, 0.29) is 6.61 Å². The van der Waals surface area contributed by atoms with E-state index >= 15 is 0 Å². The van der Waals surface area contributed by atoms with Gasteiger partial charge < -0.3 is 24.5 Å². The molecule has 4 heterocycles. The van der Waals surface area contributed by atoms with Crippen LogP contribution in [-0.2, 0) is 12.2 Å². The van der Waals surface area contributed by atoms with Gasteiger partial charge >= 0.3 is 0 Å². The summed E-state index contributed by atoms with van der Waals surface area (Å²) in [4.78, 5) is 6.59. The number of hydrogen-bond donors (Lipinski definition) is 1. The van der Waals surface area contributed by atoms with E-state index in [0.717, 1.165) is 30.0 Å². The van der Waals surface area contributed by atoms with Crippen LogP contribution in [0.1, 0.15) is 54.1 Å². The Bertz CT molecular complexity index is 1480. The lowest BCUT2D eigenvalue weighted by Crippen LogP contribution is -2.43. The number of anilines is 1. The first-order chi connectivity index (χ1) is 18.8. The first-order valence-corrected chi connectivity index (χ1v) is 13.8. The molecule has 39 heavy (non-hydrogen) atoms. The van der Waals surface area contributed by atoms with Gasteiger partial charge in [0.05, 0.1) is 16.2 Å². The van der Waals surface area contributed by atoms with Crippen molar-refractivity contribution in [1.29, 1.82) is 0 Å². The molecule has 0 bridgehead atoms. The second kappa shape index (κ2) is 10.3. The SMILES string of the molecule is Cc1c[n+]([O-])cc(Cl)c1-c1noc(C2CC2)c1COc1ccc(C2(O)CCN(c3ccccn3)CC2)c(Cl)c1. The Morgan fingerprint density at radius 2 is 1.95 bits per heavy atom. The van der Waals surface area contributed by atoms with Gasteiger partial charge in [0.2, 0.25) is 0 Å². The standard InChI is InChI=1S/C29H28Cl2N4O4/c1-18-15-35(37)16-24(31)26(18)27-21(28(39-33-27)19-5-6-19)17-38-20-7-8-22(23(30)14-20)29(36)9-12-34(13-10-29)25-4-2-3-11-32-25/h2-4,7-8,11,14-16,19,36H,5-6,9-10,12-13,17H2,1H3. The number of pyridine rings is 2. The summed E-state index contributed by atoms with van der Waals surface area (Å²) in [7, 11) is 0. The van der Waals surface area contributed by atoms with Crippen molar-refractivity contribution in [2.24, 2.45) is 0 Å². The second-order valence-electron chi connectivity index (χ2n) is 10.3. The number of nitrogens with zero attached hydrogens (tertiary/aromatic N) is 4. The third kappa shape index (κ3) is 5.16. The fourth-order valence-electron chi connectivity index (χ4n) is 5.32. The highest BCUT2D eigenvalue weighted by Gasteiger charge is 2.37. The van der Waals surface area contributed by atoms with Gasteiger partial charge in [-0.3, -0.25) is 0 Å². The van der Waals surface area contributed by atoms with Crippen LogP contribution in [-0.4, -0.2) is 28.3 Å². The topological polar surface area (TPSA) is 98.6 Å². The first-order valence-electron chi connectivity index (χ1n) is 13.0. The van der Waals surface area contributed by atoms with Gasteiger partial charge in [0, 0.05) is 41.9 Å². The molecule has 1 N–H and O–H groups in total. The van der Waals surface area contributed by atoms with Crippen LogP contribution >= 0.6 is 23.2 Å². The average Bonchev–Trinajstić information content (AvgIpc) is 3.68. The molecule has 0 unspecified atom stereocenters. The van der Waals surface area contributed by atoms with Crippen LogP contribution in [0.5, 0.6) is 5.75 Å². The number of ether oxygens (including phenoxy) is 1. The Labute approximate surface area is 236 Å². The van der Waals surface area contributed by atoms with E-state index in [1.165, 1.54) is 12.4 Å². The van der Waals surface area contributed by atoms with Crippen LogP contribution in [0.15, 0.2) is 59.5 Å². The zero-order chi connectivity index (χ0) is 27.1. The summed E-state index contributed by atoms with van der Waals surface area (Å²) in [5.74, 6) is 2.57. The zero-order valence-corrected chi connectivity index (χ0v) is 23.0. The number of aryl methyl sites for hydroxylation is 1. The Hall–Kier alpha value is -3.33. The summed E-state index contributed by atoms with van der Waals surface area (Å²) in [6, 6.07) is 11.2. The summed E-state index contributed by atoms with van der Waals surface area (Å²) in [5.41, 5.74) is 2.42. The number of benzene rings is 1. The summed E-state index contributed by atoms with van der Waals surface area (Å²) in [5, 5.41) is 28.4. The number of rotatable bonds is 7. The molecule has 2 fully saturated rings. The van der Waals surface area contributed by atoms with Crippen molar-refractivity contribution >= 4 is 29.0 Å². The minimum atomic E-state index is -1.03. The maximum Gasteiger partial charge on any atom is 0.199 e. The van der Waals surface area contributed by atoms with Gasteiger partial charge in [-0.1, -0.05) is 40.5 Å². The van der Waals surface area contributed by atoms with Crippen LogP contribution in [0.3, 0.4) is 0 Å². The highest BCUT2D eigenvalue weighted by Crippen LogP contribution is 2.45. The summed E-state index contributed by atoms with van der Waals surface area (Å²) >= 11 is 13.1. The summed E-state index contributed by atoms with van der Waals surface area (Å²) < 4.78 is 12.6. The predicted octanol–water partition coefficient (Wildman–Crippen LogP) is 5.93. The normalized spacial score (nSPS) is 16.9. The molecular weight excluding hydrogens is 539 g/mol. The van der Waals surface area contributed by atoms with Gasteiger partial charge in [0.15, 0.2) is 12.4 Å². The number of aromatic nitrogens is 3. The van der Waals surface area contributed by atoms with E-state index in [1.54, 1.807) is 12.3 Å². The largest absolute Gasteiger partial charge is 0.619 e. The van der Waals surface area contributed by atoms with Crippen molar-refractivity contribution in [2.75, 3.05) is 18.0 Å². The molecule has 3 aromatic heterocycles. The van der Waals surface area contributed by atoms with E-state index in [1.807, 2.05) is 37.3 Å². The highest BCUT2D eigenvalue weighted by molar-refractivity contribution is 6.33. The molecule has 2 aliphatic rings. The smallest absolute Gasteiger partial charge is 0.199 e. The summed E-state index contributed by atoms with van der Waals surface area (Å²) in [6.07, 6.45) is 7.68. The van der Waals surface area contributed by atoms with Gasteiger partial charge in [-0.25, -0.2) is 4.98 Å². The molecule has 0 radical (unpaired) electrons. The number of halogens is 2. The lowest BCUT2D eigenvalue weighted by atomic mass is 9.84. The predicted molar refractivity (Wildman–Crippen MR) is 148 cm³/mol. The zero-order valence-electron chi connectivity index (χ0n) is 21.4. The van der Waals surface area contributed by atoms with Gasteiger partial charge in [-0.2, -0.15) is 4.73 Å². The van der Waals surface area contributed by atoms with Crippen molar-refractivity contribution in [1.82, 2.24) is 10.1 Å². The quantitative estimate of drug-likeness (QED) is 0.218. The molecule has 0 amide bonds. The molecule has 1 saturated heterocycles. The van der Waals surface area contributed by atoms with Crippen molar-refractivity contribution in [3.63, 3.8) is 0 Å². The molecule has 10 heteroatoms. The molecular formula is C29H28Cl2N4O4. The molecule has 1 saturated carbocycles. The lowest BCUT2D eigenvalue weighted by molar-refractivity contribution is -0.605. The molecule has 4 aromatic rings. The maximum absolute atomic E-state index is 11.8. The molecule has 1 aromatic carbocycles. The van der Waals surface area contributed by atoms with Crippen molar-refractivity contribution in [3.8, 4) is 17.0 Å². The number of piperidine rings is 1. The third-order valence-corrected chi connectivity index (χ3v) is 8.19. The van der Waals surface area contributed by atoms with Crippen molar-refractivity contribution in [2.45, 2.75) is 50.7 Å². The average molecular weight is 567 g/mol. The number of aliphatic hydroxyl groups is 1. The van der Waals surface area contributed by atoms with E-state index < -0.39 is 5.60 Å². The molecule has 8 nitrogen and oxygen atoms in total. The molecule has 6 rings (SSSR count). The van der Waals surface area contributed by atoms with Gasteiger partial charge in [-0.05, 0) is 56.9 Å². The molecule has 1 aliphatic carbocycles. The Kier molecular flexibility index (Phi) is 6.87. The van der Waals surface area contributed by atoms with E-state index in [4.69, 9.17) is 32.5 Å². The maximum atomic E-state index is 11.8. The van der Waals surface area contributed by atoms with Crippen LogP contribution in [0, 0.1) is 12.1 Å². The molecule has 202 valence electrons. The van der Waals surface area contributed by atoms with Crippen LogP contribution in [0.25, 0.3) is 11.3 Å². The first kappa shape index (κ1) is 25.9. The van der Waals surface area contributed by atoms with Gasteiger partial charge in [0.25, 0.3) is 0 Å². The fraction of sp³-hybridized carbons (Fsp3) is 0.345. The molecule has 0 spiro atoms. The van der Waals surface area contributed by atoms with Crippen LogP contribution in [0.2, 0.25) is 10.0 Å². The molecule has 0 atom stereocenters. The summed E-state index contributed by atoms with van der Waals surface area (Å²) in [6.45, 7) is 3.37. The van der Waals surface area contributed by atoms with Gasteiger partial charge in [-0.15, -0.1) is 0 Å². The minimum Gasteiger partial charge on any atom is -0.619 e. The Balaban J connectivity index is 1.20. The Morgan fingerprint density at radius 3 is 2.62 bits per heavy atom.